The van der Waals surface area contributed by atoms with Crippen molar-refractivity contribution in [3.8, 4) is 0 Å². The van der Waals surface area contributed by atoms with E-state index >= 15 is 0 Å². The quantitative estimate of drug-likeness (QED) is 0.525. The molecule has 0 bridgehead atoms. The number of nitrogens with zero attached hydrogens (tertiary/aromatic N) is 2. The lowest BCUT2D eigenvalue weighted by atomic mass is 9.95. The average molecular weight is 403 g/mol. The van der Waals surface area contributed by atoms with E-state index in [1.807, 2.05) is 54.6 Å². The minimum atomic E-state index is -0.539. The number of likely N-dealkylation sites (tertiary alicyclic amines) is 1. The van der Waals surface area contributed by atoms with Crippen molar-refractivity contribution in [1.82, 2.24) is 14.8 Å². The average Bonchev–Trinajstić information content (AvgIpc) is 3.22. The van der Waals surface area contributed by atoms with E-state index in [9.17, 15) is 14.4 Å². The van der Waals surface area contributed by atoms with Crippen molar-refractivity contribution in [2.24, 2.45) is 5.92 Å². The first-order chi connectivity index (χ1) is 14.5. The molecule has 1 aliphatic rings. The summed E-state index contributed by atoms with van der Waals surface area (Å²) in [6, 6.07) is 17.2. The van der Waals surface area contributed by atoms with E-state index < -0.39 is 11.7 Å². The number of para-hydroxylation sites is 1. The van der Waals surface area contributed by atoms with Gasteiger partial charge in [-0.2, -0.15) is 0 Å². The predicted octanol–water partition coefficient (Wildman–Crippen LogP) is 3.25. The van der Waals surface area contributed by atoms with Crippen molar-refractivity contribution >= 4 is 28.5 Å². The number of aromatic amines is 1. The Hall–Kier alpha value is -3.41. The summed E-state index contributed by atoms with van der Waals surface area (Å²) in [6.45, 7) is 1.31. The van der Waals surface area contributed by atoms with Crippen LogP contribution >= 0.6 is 0 Å². The van der Waals surface area contributed by atoms with Crippen LogP contribution in [0.4, 0.5) is 0 Å². The van der Waals surface area contributed by atoms with Crippen LogP contribution in [0.1, 0.15) is 28.8 Å². The van der Waals surface area contributed by atoms with Gasteiger partial charge in [-0.3, -0.25) is 14.4 Å². The Bertz CT molecular complexity index is 1070. The monoisotopic (exact) mass is 403 g/mol. The molecule has 0 unspecified atom stereocenters. The topological polar surface area (TPSA) is 73.5 Å². The van der Waals surface area contributed by atoms with Crippen molar-refractivity contribution < 1.29 is 14.4 Å². The number of piperidine rings is 1. The molecule has 1 N–H and O–H groups in total. The maximum absolute atomic E-state index is 12.9. The van der Waals surface area contributed by atoms with Gasteiger partial charge in [0, 0.05) is 43.8 Å². The Labute approximate surface area is 175 Å². The maximum Gasteiger partial charge on any atom is 0.295 e. The highest BCUT2D eigenvalue weighted by molar-refractivity contribution is 6.44. The molecule has 0 radical (unpaired) electrons. The smallest absolute Gasteiger partial charge is 0.295 e. The molecule has 1 fully saturated rings. The summed E-state index contributed by atoms with van der Waals surface area (Å²) in [5.41, 5.74) is 2.26. The number of benzene rings is 2. The number of hydrogen-bond donors (Lipinski definition) is 1. The fraction of sp³-hybridized carbons (Fsp3) is 0.292. The molecule has 1 atom stereocenters. The number of H-pyrrole nitrogens is 1. The third-order valence-corrected chi connectivity index (χ3v) is 5.72. The van der Waals surface area contributed by atoms with Crippen LogP contribution in [0, 0.1) is 5.92 Å². The third kappa shape index (κ3) is 3.99. The molecule has 0 aliphatic carbocycles. The highest BCUT2D eigenvalue weighted by Crippen LogP contribution is 2.23. The standard InChI is InChI=1S/C24H25N3O3/c1-26(15-17-8-3-2-4-9-17)23(29)18-10-7-13-27(16-18)24(30)22(28)20-14-25-21-12-6-5-11-19(20)21/h2-6,8-9,11-12,14,18,25H,7,10,13,15-16H2,1H3/t18-/m0/s1. The lowest BCUT2D eigenvalue weighted by Gasteiger charge is -2.33. The molecular weight excluding hydrogens is 378 g/mol. The molecule has 0 spiro atoms. The summed E-state index contributed by atoms with van der Waals surface area (Å²) in [5.74, 6) is -1.34. The van der Waals surface area contributed by atoms with Crippen LogP contribution in [0.15, 0.2) is 60.8 Å². The van der Waals surface area contributed by atoms with Crippen molar-refractivity contribution in [2.45, 2.75) is 19.4 Å². The molecular formula is C24H25N3O3. The number of hydrogen-bond acceptors (Lipinski definition) is 3. The van der Waals surface area contributed by atoms with Crippen LogP contribution in [0.2, 0.25) is 0 Å². The molecule has 1 aromatic heterocycles. The zero-order valence-corrected chi connectivity index (χ0v) is 17.0. The minimum absolute atomic E-state index is 0.0101. The van der Waals surface area contributed by atoms with Gasteiger partial charge in [-0.1, -0.05) is 48.5 Å². The number of rotatable bonds is 5. The molecule has 1 aliphatic heterocycles. The van der Waals surface area contributed by atoms with Gasteiger partial charge in [0.2, 0.25) is 5.91 Å². The number of nitrogens with one attached hydrogen (secondary N) is 1. The van der Waals surface area contributed by atoms with Gasteiger partial charge in [-0.05, 0) is 24.5 Å². The van der Waals surface area contributed by atoms with Crippen molar-refractivity contribution in [3.63, 3.8) is 0 Å². The number of Topliss-reactive ketones (excluding diaryl/α,β-unsaturated/α-hetero) is 1. The minimum Gasteiger partial charge on any atom is -0.360 e. The van der Waals surface area contributed by atoms with Gasteiger partial charge in [0.15, 0.2) is 0 Å². The van der Waals surface area contributed by atoms with Crippen molar-refractivity contribution in [1.29, 1.82) is 0 Å². The molecule has 30 heavy (non-hydrogen) atoms. The van der Waals surface area contributed by atoms with Crippen LogP contribution in [0.25, 0.3) is 10.9 Å². The highest BCUT2D eigenvalue weighted by Gasteiger charge is 2.33. The Morgan fingerprint density at radius 1 is 1.07 bits per heavy atom. The van der Waals surface area contributed by atoms with Crippen LogP contribution in [-0.4, -0.2) is 52.5 Å². The summed E-state index contributed by atoms with van der Waals surface area (Å²) < 4.78 is 0. The second-order valence-electron chi connectivity index (χ2n) is 7.85. The van der Waals surface area contributed by atoms with E-state index in [0.717, 1.165) is 22.9 Å². The van der Waals surface area contributed by atoms with Gasteiger partial charge in [-0.25, -0.2) is 0 Å². The second kappa shape index (κ2) is 8.53. The van der Waals surface area contributed by atoms with Gasteiger partial charge in [0.1, 0.15) is 0 Å². The van der Waals surface area contributed by atoms with Crippen LogP contribution < -0.4 is 0 Å². The molecule has 3 aromatic rings. The maximum atomic E-state index is 12.9. The van der Waals surface area contributed by atoms with Gasteiger partial charge >= 0.3 is 0 Å². The molecule has 4 rings (SSSR count). The van der Waals surface area contributed by atoms with Crippen molar-refractivity contribution in [3.05, 3.63) is 71.9 Å². The van der Waals surface area contributed by atoms with E-state index in [2.05, 4.69) is 4.98 Å². The van der Waals surface area contributed by atoms with Crippen molar-refractivity contribution in [2.75, 3.05) is 20.1 Å². The normalized spacial score (nSPS) is 16.4. The summed E-state index contributed by atoms with van der Waals surface area (Å²) in [6.07, 6.45) is 3.02. The summed E-state index contributed by atoms with van der Waals surface area (Å²) in [7, 11) is 1.78. The molecule has 6 heteroatoms. The summed E-state index contributed by atoms with van der Waals surface area (Å²) in [4.78, 5) is 45.0. The summed E-state index contributed by atoms with van der Waals surface area (Å²) in [5, 5.41) is 0.739. The highest BCUT2D eigenvalue weighted by atomic mass is 16.2. The van der Waals surface area contributed by atoms with Crippen LogP contribution in [-0.2, 0) is 16.1 Å². The fourth-order valence-corrected chi connectivity index (χ4v) is 4.13. The Morgan fingerprint density at radius 3 is 2.60 bits per heavy atom. The lowest BCUT2D eigenvalue weighted by Crippen LogP contribution is -2.47. The number of amides is 2. The lowest BCUT2D eigenvalue weighted by molar-refractivity contribution is -0.138. The first-order valence-corrected chi connectivity index (χ1v) is 10.2. The SMILES string of the molecule is CN(Cc1ccccc1)C(=O)[C@H]1CCCN(C(=O)C(=O)c2c[nH]c3ccccc23)C1. The number of carbonyl (C=O) groups is 3. The number of aromatic nitrogens is 1. The molecule has 6 nitrogen and oxygen atoms in total. The molecule has 0 saturated carbocycles. The van der Waals surface area contributed by atoms with E-state index in [1.54, 1.807) is 18.1 Å². The molecule has 2 aromatic carbocycles. The number of fused-ring (bicyclic) bond motifs is 1. The molecule has 1 saturated heterocycles. The van der Waals surface area contributed by atoms with Gasteiger partial charge in [-0.15, -0.1) is 0 Å². The molecule has 2 heterocycles. The van der Waals surface area contributed by atoms with Crippen LogP contribution in [0.3, 0.4) is 0 Å². The third-order valence-electron chi connectivity index (χ3n) is 5.72. The van der Waals surface area contributed by atoms with Gasteiger partial charge in [0.25, 0.3) is 11.7 Å². The van der Waals surface area contributed by atoms with E-state index in [4.69, 9.17) is 0 Å². The second-order valence-corrected chi connectivity index (χ2v) is 7.85. The number of ketones is 1. The Balaban J connectivity index is 1.43. The van der Waals surface area contributed by atoms with Gasteiger partial charge in [0.05, 0.1) is 11.5 Å². The molecule has 154 valence electrons. The first kappa shape index (κ1) is 19.9. The van der Waals surface area contributed by atoms with Gasteiger partial charge < -0.3 is 14.8 Å². The zero-order valence-electron chi connectivity index (χ0n) is 17.0. The first-order valence-electron chi connectivity index (χ1n) is 10.2. The largest absolute Gasteiger partial charge is 0.360 e. The van der Waals surface area contributed by atoms with E-state index in [-0.39, 0.29) is 18.4 Å². The number of carbonyl (C=O) groups excluding carboxylic acids is 3. The van der Waals surface area contributed by atoms with E-state index in [1.165, 1.54) is 4.90 Å². The zero-order chi connectivity index (χ0) is 21.1. The Kier molecular flexibility index (Phi) is 5.65. The van der Waals surface area contributed by atoms with E-state index in [0.29, 0.717) is 25.1 Å². The summed E-state index contributed by atoms with van der Waals surface area (Å²) >= 11 is 0. The Morgan fingerprint density at radius 2 is 1.80 bits per heavy atom. The fourth-order valence-electron chi connectivity index (χ4n) is 4.13. The van der Waals surface area contributed by atoms with Crippen LogP contribution in [0.5, 0.6) is 0 Å². The predicted molar refractivity (Wildman–Crippen MR) is 115 cm³/mol. The molecule has 2 amide bonds.